The number of nitrogens with zero attached hydrogens (tertiary/aromatic N) is 1. The second-order valence-electron chi connectivity index (χ2n) is 6.49. The molecule has 0 spiro atoms. The van der Waals surface area contributed by atoms with Crippen LogP contribution >= 0.6 is 24.8 Å². The Morgan fingerprint density at radius 3 is 2.35 bits per heavy atom. The minimum absolute atomic E-state index is 0. The number of benzene rings is 1. The Labute approximate surface area is 169 Å². The fourth-order valence-electron chi connectivity index (χ4n) is 2.48. The maximum absolute atomic E-state index is 12.3. The summed E-state index contributed by atoms with van der Waals surface area (Å²) in [5, 5.41) is 3.28. The van der Waals surface area contributed by atoms with Crippen molar-refractivity contribution < 1.29 is 13.2 Å². The summed E-state index contributed by atoms with van der Waals surface area (Å²) < 4.78 is 32.9. The smallest absolute Gasteiger partial charge is 0.240 e. The van der Waals surface area contributed by atoms with Crippen molar-refractivity contribution in [2.75, 3.05) is 45.9 Å². The van der Waals surface area contributed by atoms with Gasteiger partial charge >= 0.3 is 0 Å². The largest absolute Gasteiger partial charge is 0.494 e. The van der Waals surface area contributed by atoms with Crippen molar-refractivity contribution >= 4 is 34.8 Å². The molecule has 2 N–H and O–H groups in total. The van der Waals surface area contributed by atoms with E-state index in [0.717, 1.165) is 39.1 Å². The van der Waals surface area contributed by atoms with Gasteiger partial charge in [0.2, 0.25) is 10.0 Å². The molecular formula is C17H31Cl2N3O3S. The average Bonchev–Trinajstić information content (AvgIpc) is 2.56. The van der Waals surface area contributed by atoms with Gasteiger partial charge in [0.15, 0.2) is 0 Å². The van der Waals surface area contributed by atoms with E-state index in [9.17, 15) is 8.42 Å². The maximum atomic E-state index is 12.3. The van der Waals surface area contributed by atoms with Crippen molar-refractivity contribution in [3.63, 3.8) is 0 Å². The third-order valence-corrected chi connectivity index (χ3v) is 5.50. The summed E-state index contributed by atoms with van der Waals surface area (Å²) in [7, 11) is -3.46. The highest BCUT2D eigenvalue weighted by Crippen LogP contribution is 2.16. The van der Waals surface area contributed by atoms with Gasteiger partial charge in [-0.05, 0) is 36.6 Å². The molecular weight excluding hydrogens is 397 g/mol. The minimum Gasteiger partial charge on any atom is -0.494 e. The summed E-state index contributed by atoms with van der Waals surface area (Å²) in [5.74, 6) is 1.29. The molecule has 0 unspecified atom stereocenters. The summed E-state index contributed by atoms with van der Waals surface area (Å²) >= 11 is 0. The first-order chi connectivity index (χ1) is 11.5. The van der Waals surface area contributed by atoms with Crippen LogP contribution < -0.4 is 14.8 Å². The molecule has 0 radical (unpaired) electrons. The van der Waals surface area contributed by atoms with Gasteiger partial charge in [0.25, 0.3) is 0 Å². The highest BCUT2D eigenvalue weighted by Gasteiger charge is 2.15. The minimum atomic E-state index is -3.46. The first-order valence-electron chi connectivity index (χ1n) is 8.63. The molecule has 1 fully saturated rings. The second-order valence-corrected chi connectivity index (χ2v) is 8.26. The highest BCUT2D eigenvalue weighted by molar-refractivity contribution is 7.89. The van der Waals surface area contributed by atoms with E-state index in [0.29, 0.717) is 24.8 Å². The molecule has 1 aliphatic rings. The van der Waals surface area contributed by atoms with E-state index in [4.69, 9.17) is 4.74 Å². The van der Waals surface area contributed by atoms with E-state index in [-0.39, 0.29) is 29.7 Å². The predicted molar refractivity (Wildman–Crippen MR) is 110 cm³/mol. The molecule has 1 aromatic rings. The van der Waals surface area contributed by atoms with Crippen LogP contribution in [0.1, 0.15) is 20.3 Å². The SMILES string of the molecule is CC(C)CCOc1ccc(S(=O)(=O)NCCN2CCNCC2)cc1.Cl.Cl. The van der Waals surface area contributed by atoms with Gasteiger partial charge in [-0.15, -0.1) is 24.8 Å². The Kier molecular flexibility index (Phi) is 12.5. The molecule has 26 heavy (non-hydrogen) atoms. The second kappa shape index (κ2) is 12.8. The fraction of sp³-hybridized carbons (Fsp3) is 0.647. The molecule has 152 valence electrons. The van der Waals surface area contributed by atoms with Crippen LogP contribution in [0.3, 0.4) is 0 Å². The quantitative estimate of drug-likeness (QED) is 0.631. The van der Waals surface area contributed by atoms with Crippen molar-refractivity contribution in [2.45, 2.75) is 25.2 Å². The van der Waals surface area contributed by atoms with Crippen molar-refractivity contribution in [3.05, 3.63) is 24.3 Å². The number of ether oxygens (including phenoxy) is 1. The molecule has 0 saturated carbocycles. The van der Waals surface area contributed by atoms with E-state index >= 15 is 0 Å². The summed E-state index contributed by atoms with van der Waals surface area (Å²) in [6, 6.07) is 6.62. The topological polar surface area (TPSA) is 70.7 Å². The van der Waals surface area contributed by atoms with E-state index in [1.807, 2.05) is 0 Å². The first kappa shape index (κ1) is 25.4. The lowest BCUT2D eigenvalue weighted by Gasteiger charge is -2.27. The van der Waals surface area contributed by atoms with Crippen LogP contribution in [0.5, 0.6) is 5.75 Å². The maximum Gasteiger partial charge on any atom is 0.240 e. The molecule has 0 aromatic heterocycles. The Balaban J connectivity index is 0.00000312. The lowest BCUT2D eigenvalue weighted by atomic mass is 10.1. The number of halogens is 2. The molecule has 6 nitrogen and oxygen atoms in total. The van der Waals surface area contributed by atoms with E-state index in [1.54, 1.807) is 24.3 Å². The van der Waals surface area contributed by atoms with E-state index in [1.165, 1.54) is 0 Å². The average molecular weight is 428 g/mol. The zero-order chi connectivity index (χ0) is 17.4. The van der Waals surface area contributed by atoms with Crippen LogP contribution in [0.15, 0.2) is 29.2 Å². The van der Waals surface area contributed by atoms with Crippen LogP contribution in [0.25, 0.3) is 0 Å². The number of hydrogen-bond acceptors (Lipinski definition) is 5. The molecule has 0 aliphatic carbocycles. The zero-order valence-corrected chi connectivity index (χ0v) is 17.9. The lowest BCUT2D eigenvalue weighted by molar-refractivity contribution is 0.245. The third kappa shape index (κ3) is 8.88. The number of hydrogen-bond donors (Lipinski definition) is 2. The fourth-order valence-corrected chi connectivity index (χ4v) is 3.50. The summed E-state index contributed by atoms with van der Waals surface area (Å²) in [4.78, 5) is 2.53. The normalized spacial score (nSPS) is 15.2. The van der Waals surface area contributed by atoms with Gasteiger partial charge < -0.3 is 10.1 Å². The van der Waals surface area contributed by atoms with Crippen LogP contribution in [-0.2, 0) is 10.0 Å². The van der Waals surface area contributed by atoms with Gasteiger partial charge in [0.1, 0.15) is 5.75 Å². The molecule has 2 rings (SSSR count). The lowest BCUT2D eigenvalue weighted by Crippen LogP contribution is -2.46. The van der Waals surface area contributed by atoms with Crippen molar-refractivity contribution in [1.82, 2.24) is 14.9 Å². The Morgan fingerprint density at radius 1 is 1.15 bits per heavy atom. The van der Waals surface area contributed by atoms with Crippen LogP contribution in [0.4, 0.5) is 0 Å². The van der Waals surface area contributed by atoms with Gasteiger partial charge in [-0.25, -0.2) is 13.1 Å². The Hall–Kier alpha value is -0.570. The van der Waals surface area contributed by atoms with Gasteiger partial charge in [-0.1, -0.05) is 13.8 Å². The van der Waals surface area contributed by atoms with Gasteiger partial charge in [0, 0.05) is 39.3 Å². The molecule has 1 heterocycles. The number of sulfonamides is 1. The van der Waals surface area contributed by atoms with Crippen LogP contribution in [0.2, 0.25) is 0 Å². The van der Waals surface area contributed by atoms with E-state index in [2.05, 4.69) is 28.8 Å². The van der Waals surface area contributed by atoms with Gasteiger partial charge in [0.05, 0.1) is 11.5 Å². The van der Waals surface area contributed by atoms with Crippen LogP contribution in [-0.4, -0.2) is 59.2 Å². The predicted octanol–water partition coefficient (Wildman–Crippen LogP) is 2.14. The highest BCUT2D eigenvalue weighted by atomic mass is 35.5. The molecule has 0 amide bonds. The summed E-state index contributed by atoms with van der Waals surface area (Å²) in [5.41, 5.74) is 0. The van der Waals surface area contributed by atoms with Gasteiger partial charge in [-0.2, -0.15) is 0 Å². The number of piperazine rings is 1. The molecule has 1 saturated heterocycles. The van der Waals surface area contributed by atoms with Gasteiger partial charge in [-0.3, -0.25) is 4.90 Å². The van der Waals surface area contributed by atoms with E-state index < -0.39 is 10.0 Å². The monoisotopic (exact) mass is 427 g/mol. The van der Waals surface area contributed by atoms with Crippen LogP contribution in [0, 0.1) is 5.92 Å². The van der Waals surface area contributed by atoms with Crippen molar-refractivity contribution in [1.29, 1.82) is 0 Å². The molecule has 1 aliphatic heterocycles. The molecule has 0 bridgehead atoms. The third-order valence-electron chi connectivity index (χ3n) is 4.03. The molecule has 9 heteroatoms. The summed E-state index contributed by atoms with van der Waals surface area (Å²) in [6.45, 7) is 9.94. The zero-order valence-electron chi connectivity index (χ0n) is 15.4. The summed E-state index contributed by atoms with van der Waals surface area (Å²) in [6.07, 6.45) is 0.980. The number of rotatable bonds is 9. The number of nitrogens with one attached hydrogen (secondary N) is 2. The van der Waals surface area contributed by atoms with Crippen molar-refractivity contribution in [3.8, 4) is 5.75 Å². The molecule has 1 aromatic carbocycles. The molecule has 0 atom stereocenters. The Morgan fingerprint density at radius 2 is 1.77 bits per heavy atom. The van der Waals surface area contributed by atoms with Crippen molar-refractivity contribution in [2.24, 2.45) is 5.92 Å². The Bertz CT molecular complexity index is 592. The first-order valence-corrected chi connectivity index (χ1v) is 10.1. The standard InChI is InChI=1S/C17H29N3O3S.2ClH/c1-15(2)7-14-23-16-3-5-17(6-4-16)24(21,22)19-10-13-20-11-8-18-9-12-20;;/h3-6,15,18-19H,7-14H2,1-2H3;2*1H.